The third-order valence-corrected chi connectivity index (χ3v) is 3.50. The van der Waals surface area contributed by atoms with E-state index in [2.05, 4.69) is 26.1 Å². The van der Waals surface area contributed by atoms with Gasteiger partial charge in [0.05, 0.1) is 5.60 Å². The van der Waals surface area contributed by atoms with Crippen LogP contribution in [0.25, 0.3) is 0 Å². The summed E-state index contributed by atoms with van der Waals surface area (Å²) in [5.74, 6) is 0. The molecule has 3 heteroatoms. The molecule has 0 saturated carbocycles. The summed E-state index contributed by atoms with van der Waals surface area (Å²) in [5.41, 5.74) is 4.78. The van der Waals surface area contributed by atoms with Crippen LogP contribution in [0.5, 0.6) is 0 Å². The minimum absolute atomic E-state index is 0.154. The molecular formula is C11H24N2O. The van der Waals surface area contributed by atoms with E-state index in [9.17, 15) is 5.11 Å². The first-order valence-corrected chi connectivity index (χ1v) is 5.57. The molecule has 2 unspecified atom stereocenters. The van der Waals surface area contributed by atoms with Crippen molar-refractivity contribution in [2.75, 3.05) is 13.1 Å². The van der Waals surface area contributed by atoms with Gasteiger partial charge in [-0.3, -0.25) is 0 Å². The largest absolute Gasteiger partial charge is 0.386 e. The van der Waals surface area contributed by atoms with Crippen LogP contribution in [0.1, 0.15) is 40.0 Å². The normalized spacial score (nSPS) is 28.5. The molecule has 1 aliphatic rings. The number of nitrogens with one attached hydrogen (secondary N) is 1. The third kappa shape index (κ3) is 2.10. The molecule has 0 aromatic rings. The Labute approximate surface area is 87.1 Å². The van der Waals surface area contributed by atoms with Crippen LogP contribution in [0.4, 0.5) is 0 Å². The Morgan fingerprint density at radius 2 is 2.00 bits per heavy atom. The number of piperidine rings is 1. The highest BCUT2D eigenvalue weighted by Crippen LogP contribution is 2.35. The number of hydrogen-bond donors (Lipinski definition) is 3. The van der Waals surface area contributed by atoms with E-state index in [0.717, 1.165) is 13.0 Å². The predicted octanol–water partition coefficient (Wildman–Crippen LogP) is 0.864. The lowest BCUT2D eigenvalue weighted by Gasteiger charge is -2.47. The molecule has 0 amide bonds. The Morgan fingerprint density at radius 1 is 1.36 bits per heavy atom. The number of nitrogens with two attached hydrogens (primary N) is 1. The highest BCUT2D eigenvalue weighted by Gasteiger charge is 2.45. The van der Waals surface area contributed by atoms with Crippen LogP contribution in [-0.4, -0.2) is 29.8 Å². The molecule has 2 atom stereocenters. The van der Waals surface area contributed by atoms with Crippen molar-refractivity contribution in [1.82, 2.24) is 5.32 Å². The van der Waals surface area contributed by atoms with Gasteiger partial charge in [0.25, 0.3) is 0 Å². The zero-order chi connectivity index (χ0) is 10.8. The standard InChI is InChI=1S/C11H24N2O/c1-10(2,3)11(14,8-12)9-6-4-5-7-13-9/h9,13-14H,4-8,12H2,1-3H3. The molecule has 84 valence electrons. The van der Waals surface area contributed by atoms with Crippen LogP contribution in [0.3, 0.4) is 0 Å². The topological polar surface area (TPSA) is 58.3 Å². The van der Waals surface area contributed by atoms with Gasteiger partial charge in [-0.25, -0.2) is 0 Å². The van der Waals surface area contributed by atoms with Crippen molar-refractivity contribution in [1.29, 1.82) is 0 Å². The van der Waals surface area contributed by atoms with E-state index < -0.39 is 5.60 Å². The second kappa shape index (κ2) is 4.17. The minimum atomic E-state index is -0.784. The Kier molecular flexibility index (Phi) is 3.56. The van der Waals surface area contributed by atoms with E-state index in [4.69, 9.17) is 5.73 Å². The third-order valence-electron chi connectivity index (χ3n) is 3.50. The first-order chi connectivity index (χ1) is 6.42. The van der Waals surface area contributed by atoms with Crippen LogP contribution >= 0.6 is 0 Å². The van der Waals surface area contributed by atoms with Gasteiger partial charge in [-0.05, 0) is 24.8 Å². The van der Waals surface area contributed by atoms with Crippen molar-refractivity contribution < 1.29 is 5.11 Å². The van der Waals surface area contributed by atoms with Gasteiger partial charge in [-0.1, -0.05) is 27.2 Å². The minimum Gasteiger partial charge on any atom is -0.386 e. The molecule has 1 rings (SSSR count). The van der Waals surface area contributed by atoms with E-state index in [1.807, 2.05) is 0 Å². The molecule has 3 nitrogen and oxygen atoms in total. The van der Waals surface area contributed by atoms with Crippen LogP contribution in [0, 0.1) is 5.41 Å². The van der Waals surface area contributed by atoms with Crippen molar-refractivity contribution in [3.05, 3.63) is 0 Å². The van der Waals surface area contributed by atoms with Gasteiger partial charge in [-0.2, -0.15) is 0 Å². The van der Waals surface area contributed by atoms with E-state index in [1.54, 1.807) is 0 Å². The van der Waals surface area contributed by atoms with Crippen molar-refractivity contribution in [2.45, 2.75) is 51.7 Å². The van der Waals surface area contributed by atoms with Crippen molar-refractivity contribution in [3.8, 4) is 0 Å². The molecule has 1 saturated heterocycles. The molecule has 0 radical (unpaired) electrons. The fourth-order valence-electron chi connectivity index (χ4n) is 2.23. The lowest BCUT2D eigenvalue weighted by atomic mass is 9.70. The summed E-state index contributed by atoms with van der Waals surface area (Å²) < 4.78 is 0. The van der Waals surface area contributed by atoms with Gasteiger partial charge in [0.15, 0.2) is 0 Å². The van der Waals surface area contributed by atoms with E-state index in [0.29, 0.717) is 6.54 Å². The monoisotopic (exact) mass is 200 g/mol. The molecule has 4 N–H and O–H groups in total. The van der Waals surface area contributed by atoms with E-state index >= 15 is 0 Å². The lowest BCUT2D eigenvalue weighted by molar-refractivity contribution is -0.0845. The van der Waals surface area contributed by atoms with Gasteiger partial charge in [0.2, 0.25) is 0 Å². The highest BCUT2D eigenvalue weighted by atomic mass is 16.3. The van der Waals surface area contributed by atoms with Gasteiger partial charge in [-0.15, -0.1) is 0 Å². The smallest absolute Gasteiger partial charge is 0.0969 e. The Hall–Kier alpha value is -0.120. The Morgan fingerprint density at radius 3 is 2.36 bits per heavy atom. The van der Waals surface area contributed by atoms with E-state index in [1.165, 1.54) is 12.8 Å². The Balaban J connectivity index is 2.77. The highest BCUT2D eigenvalue weighted by molar-refractivity contribution is 5.01. The molecule has 0 bridgehead atoms. The molecule has 0 aromatic heterocycles. The summed E-state index contributed by atoms with van der Waals surface area (Å²) >= 11 is 0. The molecule has 1 aliphatic heterocycles. The summed E-state index contributed by atoms with van der Waals surface area (Å²) in [5, 5.41) is 14.0. The molecule has 1 fully saturated rings. The number of hydrogen-bond acceptors (Lipinski definition) is 3. The molecule has 0 aromatic carbocycles. The van der Waals surface area contributed by atoms with Crippen molar-refractivity contribution in [3.63, 3.8) is 0 Å². The summed E-state index contributed by atoms with van der Waals surface area (Å²) in [6.07, 6.45) is 3.43. The lowest BCUT2D eigenvalue weighted by Crippen LogP contribution is -2.63. The summed E-state index contributed by atoms with van der Waals surface area (Å²) in [7, 11) is 0. The van der Waals surface area contributed by atoms with Gasteiger partial charge >= 0.3 is 0 Å². The second-order valence-corrected chi connectivity index (χ2v) is 5.38. The fourth-order valence-corrected chi connectivity index (χ4v) is 2.23. The molecule has 0 spiro atoms. The first-order valence-electron chi connectivity index (χ1n) is 5.57. The molecular weight excluding hydrogens is 176 g/mol. The number of rotatable bonds is 2. The second-order valence-electron chi connectivity index (χ2n) is 5.38. The van der Waals surface area contributed by atoms with Crippen LogP contribution in [0.2, 0.25) is 0 Å². The van der Waals surface area contributed by atoms with Crippen LogP contribution in [0.15, 0.2) is 0 Å². The van der Waals surface area contributed by atoms with E-state index in [-0.39, 0.29) is 11.5 Å². The molecule has 1 heterocycles. The summed E-state index contributed by atoms with van der Waals surface area (Å²) in [6, 6.07) is 0.154. The number of aliphatic hydroxyl groups is 1. The molecule has 14 heavy (non-hydrogen) atoms. The summed E-state index contributed by atoms with van der Waals surface area (Å²) in [6.45, 7) is 7.49. The average molecular weight is 200 g/mol. The summed E-state index contributed by atoms with van der Waals surface area (Å²) in [4.78, 5) is 0. The van der Waals surface area contributed by atoms with Crippen molar-refractivity contribution in [2.24, 2.45) is 11.1 Å². The zero-order valence-electron chi connectivity index (χ0n) is 9.64. The van der Waals surface area contributed by atoms with Crippen LogP contribution in [-0.2, 0) is 0 Å². The van der Waals surface area contributed by atoms with Gasteiger partial charge < -0.3 is 16.2 Å². The maximum absolute atomic E-state index is 10.6. The molecule has 0 aliphatic carbocycles. The maximum atomic E-state index is 10.6. The Bertz CT molecular complexity index is 182. The fraction of sp³-hybridized carbons (Fsp3) is 1.00. The van der Waals surface area contributed by atoms with Crippen LogP contribution < -0.4 is 11.1 Å². The van der Waals surface area contributed by atoms with Crippen molar-refractivity contribution >= 4 is 0 Å². The quantitative estimate of drug-likeness (QED) is 0.620. The maximum Gasteiger partial charge on any atom is 0.0969 e. The predicted molar refractivity (Wildman–Crippen MR) is 59.1 cm³/mol. The average Bonchev–Trinajstić information content (AvgIpc) is 2.16. The van der Waals surface area contributed by atoms with Gasteiger partial charge in [0.1, 0.15) is 0 Å². The van der Waals surface area contributed by atoms with Gasteiger partial charge in [0, 0.05) is 12.6 Å². The first kappa shape index (κ1) is 12.0. The SMILES string of the molecule is CC(C)(C)C(O)(CN)C1CCCCN1. The zero-order valence-corrected chi connectivity index (χ0v) is 9.64.